The number of nitrogens with zero attached hydrogens (tertiary/aromatic N) is 5. The smallest absolute Gasteiger partial charge is 0.323 e. The van der Waals surface area contributed by atoms with Gasteiger partial charge in [-0.3, -0.25) is 0 Å². The maximum absolute atomic E-state index is 5.63. The summed E-state index contributed by atoms with van der Waals surface area (Å²) in [5, 5.41) is 4.03. The lowest BCUT2D eigenvalue weighted by Crippen LogP contribution is -2.11. The second-order valence-corrected chi connectivity index (χ2v) is 4.03. The molecule has 2 aromatic rings. The van der Waals surface area contributed by atoms with E-state index in [2.05, 4.69) is 20.1 Å². The van der Waals surface area contributed by atoms with Gasteiger partial charge < -0.3 is 19.9 Å². The summed E-state index contributed by atoms with van der Waals surface area (Å²) in [5.41, 5.74) is 5.63. The molecule has 2 rings (SSSR count). The van der Waals surface area contributed by atoms with Crippen LogP contribution >= 0.6 is 0 Å². The molecule has 0 bridgehead atoms. The summed E-state index contributed by atoms with van der Waals surface area (Å²) < 4.78 is 17.1. The standard InChI is InChI=1S/C12H18N6O3/c1-19-8-9-20-6-3-7-21-12-16-10(13)15-11(17-12)18-5-2-4-14-18/h2,4-5H,3,6-9H2,1H3,(H2,13,15,16,17). The van der Waals surface area contributed by atoms with Crippen molar-refractivity contribution in [1.82, 2.24) is 24.7 Å². The van der Waals surface area contributed by atoms with Crippen LogP contribution in [0.4, 0.5) is 5.95 Å². The number of nitrogen functional groups attached to an aromatic ring is 1. The van der Waals surface area contributed by atoms with E-state index in [0.717, 1.165) is 0 Å². The number of hydrogen-bond acceptors (Lipinski definition) is 8. The van der Waals surface area contributed by atoms with Crippen LogP contribution in [0.25, 0.3) is 5.95 Å². The zero-order valence-corrected chi connectivity index (χ0v) is 11.8. The van der Waals surface area contributed by atoms with Gasteiger partial charge in [0.05, 0.1) is 19.8 Å². The average molecular weight is 294 g/mol. The number of rotatable bonds is 9. The van der Waals surface area contributed by atoms with Crippen molar-refractivity contribution < 1.29 is 14.2 Å². The molecule has 0 atom stereocenters. The van der Waals surface area contributed by atoms with E-state index in [0.29, 0.717) is 38.8 Å². The van der Waals surface area contributed by atoms with Crippen LogP contribution in [0.3, 0.4) is 0 Å². The average Bonchev–Trinajstić information content (AvgIpc) is 3.00. The van der Waals surface area contributed by atoms with Crippen LogP contribution in [-0.2, 0) is 9.47 Å². The van der Waals surface area contributed by atoms with Gasteiger partial charge in [0.2, 0.25) is 5.95 Å². The van der Waals surface area contributed by atoms with Crippen LogP contribution in [0.5, 0.6) is 6.01 Å². The van der Waals surface area contributed by atoms with Crippen LogP contribution in [-0.4, -0.2) is 58.3 Å². The maximum Gasteiger partial charge on any atom is 0.323 e. The van der Waals surface area contributed by atoms with Gasteiger partial charge in [0.15, 0.2) is 0 Å². The Bertz CT molecular complexity index is 534. The highest BCUT2D eigenvalue weighted by Gasteiger charge is 2.07. The third kappa shape index (κ3) is 4.97. The van der Waals surface area contributed by atoms with Crippen LogP contribution in [0.15, 0.2) is 18.5 Å². The van der Waals surface area contributed by atoms with E-state index >= 15 is 0 Å². The van der Waals surface area contributed by atoms with Crippen LogP contribution < -0.4 is 10.5 Å². The van der Waals surface area contributed by atoms with E-state index in [-0.39, 0.29) is 12.0 Å². The molecule has 0 aliphatic carbocycles. The van der Waals surface area contributed by atoms with Crippen molar-refractivity contribution in [2.45, 2.75) is 6.42 Å². The predicted octanol–water partition coefficient (Wildman–Crippen LogP) is 0.0714. The Balaban J connectivity index is 1.81. The highest BCUT2D eigenvalue weighted by Crippen LogP contribution is 2.08. The third-order valence-corrected chi connectivity index (χ3v) is 2.43. The molecular formula is C12H18N6O3. The van der Waals surface area contributed by atoms with Crippen molar-refractivity contribution in [2.24, 2.45) is 0 Å². The second kappa shape index (κ2) is 8.12. The summed E-state index contributed by atoms with van der Waals surface area (Å²) in [5.74, 6) is 0.403. The van der Waals surface area contributed by atoms with Crippen molar-refractivity contribution in [1.29, 1.82) is 0 Å². The van der Waals surface area contributed by atoms with Crippen molar-refractivity contribution >= 4 is 5.95 Å². The van der Waals surface area contributed by atoms with Crippen molar-refractivity contribution in [2.75, 3.05) is 39.3 Å². The van der Waals surface area contributed by atoms with Crippen molar-refractivity contribution in [3.8, 4) is 12.0 Å². The summed E-state index contributed by atoms with van der Waals surface area (Å²) in [6.07, 6.45) is 4.05. The molecule has 9 heteroatoms. The zero-order valence-electron chi connectivity index (χ0n) is 11.8. The molecular weight excluding hydrogens is 276 g/mol. The van der Waals surface area contributed by atoms with Crippen LogP contribution in [0.2, 0.25) is 0 Å². The van der Waals surface area contributed by atoms with E-state index in [1.165, 1.54) is 4.68 Å². The Kier molecular flexibility index (Phi) is 5.85. The van der Waals surface area contributed by atoms with E-state index in [1.807, 2.05) is 0 Å². The fourth-order valence-electron chi connectivity index (χ4n) is 1.48. The first kappa shape index (κ1) is 15.1. The Morgan fingerprint density at radius 2 is 2.05 bits per heavy atom. The van der Waals surface area contributed by atoms with E-state index in [4.69, 9.17) is 19.9 Å². The Morgan fingerprint density at radius 1 is 1.14 bits per heavy atom. The molecule has 0 radical (unpaired) electrons. The van der Waals surface area contributed by atoms with Gasteiger partial charge in [-0.25, -0.2) is 4.68 Å². The lowest BCUT2D eigenvalue weighted by molar-refractivity contribution is 0.0639. The molecule has 0 fully saturated rings. The monoisotopic (exact) mass is 294 g/mol. The first-order valence-corrected chi connectivity index (χ1v) is 6.50. The van der Waals surface area contributed by atoms with Gasteiger partial charge in [-0.15, -0.1) is 0 Å². The first-order valence-electron chi connectivity index (χ1n) is 6.50. The summed E-state index contributed by atoms with van der Waals surface area (Å²) in [6.45, 7) is 2.15. The lowest BCUT2D eigenvalue weighted by Gasteiger charge is -2.07. The van der Waals surface area contributed by atoms with Crippen molar-refractivity contribution in [3.63, 3.8) is 0 Å². The molecule has 0 amide bonds. The van der Waals surface area contributed by atoms with Gasteiger partial charge in [-0.2, -0.15) is 20.1 Å². The van der Waals surface area contributed by atoms with Crippen molar-refractivity contribution in [3.05, 3.63) is 18.5 Å². The molecule has 0 aromatic carbocycles. The van der Waals surface area contributed by atoms with Gasteiger partial charge in [0, 0.05) is 32.5 Å². The van der Waals surface area contributed by atoms with Gasteiger partial charge in [0.25, 0.3) is 5.95 Å². The number of nitrogens with two attached hydrogens (primary N) is 1. The summed E-state index contributed by atoms with van der Waals surface area (Å²) in [4.78, 5) is 12.1. The Labute approximate surface area is 122 Å². The molecule has 114 valence electrons. The van der Waals surface area contributed by atoms with Gasteiger partial charge >= 0.3 is 6.01 Å². The molecule has 0 spiro atoms. The van der Waals surface area contributed by atoms with E-state index < -0.39 is 0 Å². The summed E-state index contributed by atoms with van der Waals surface area (Å²) in [7, 11) is 1.63. The molecule has 2 aromatic heterocycles. The fraction of sp³-hybridized carbons (Fsp3) is 0.500. The predicted molar refractivity (Wildman–Crippen MR) is 74.2 cm³/mol. The summed E-state index contributed by atoms with van der Waals surface area (Å²) in [6, 6.07) is 1.93. The molecule has 0 saturated carbocycles. The quantitative estimate of drug-likeness (QED) is 0.647. The lowest BCUT2D eigenvalue weighted by atomic mass is 10.5. The number of hydrogen-bond donors (Lipinski definition) is 1. The van der Waals surface area contributed by atoms with Crippen LogP contribution in [0, 0.1) is 0 Å². The molecule has 21 heavy (non-hydrogen) atoms. The minimum absolute atomic E-state index is 0.0850. The summed E-state index contributed by atoms with van der Waals surface area (Å²) >= 11 is 0. The highest BCUT2D eigenvalue weighted by atomic mass is 16.5. The number of methoxy groups -OCH3 is 1. The maximum atomic E-state index is 5.63. The normalized spacial score (nSPS) is 10.7. The topological polar surface area (TPSA) is 110 Å². The van der Waals surface area contributed by atoms with Crippen LogP contribution in [0.1, 0.15) is 6.42 Å². The molecule has 9 nitrogen and oxygen atoms in total. The number of anilines is 1. The Hall–Kier alpha value is -2.26. The van der Waals surface area contributed by atoms with E-state index in [1.54, 1.807) is 25.6 Å². The molecule has 0 aliphatic rings. The zero-order chi connectivity index (χ0) is 14.9. The minimum Gasteiger partial charge on any atom is -0.463 e. The third-order valence-electron chi connectivity index (χ3n) is 2.43. The molecule has 0 saturated heterocycles. The SMILES string of the molecule is COCCOCCCOc1nc(N)nc(-n2cccn2)n1. The van der Waals surface area contributed by atoms with Gasteiger partial charge in [-0.05, 0) is 6.07 Å². The molecule has 0 unspecified atom stereocenters. The number of ether oxygens (including phenoxy) is 3. The first-order chi connectivity index (χ1) is 10.3. The molecule has 2 heterocycles. The highest BCUT2D eigenvalue weighted by molar-refractivity contribution is 5.24. The fourth-order valence-corrected chi connectivity index (χ4v) is 1.48. The Morgan fingerprint density at radius 3 is 2.81 bits per heavy atom. The molecule has 2 N–H and O–H groups in total. The minimum atomic E-state index is 0.0850. The van der Waals surface area contributed by atoms with Gasteiger partial charge in [0.1, 0.15) is 0 Å². The number of aromatic nitrogens is 5. The second-order valence-electron chi connectivity index (χ2n) is 4.03. The molecule has 0 aliphatic heterocycles. The van der Waals surface area contributed by atoms with E-state index in [9.17, 15) is 0 Å². The largest absolute Gasteiger partial charge is 0.463 e. The van der Waals surface area contributed by atoms with Gasteiger partial charge in [-0.1, -0.05) is 0 Å².